The van der Waals surface area contributed by atoms with Crippen molar-refractivity contribution in [2.75, 3.05) is 6.54 Å². The molecule has 1 aromatic rings. The fourth-order valence-electron chi connectivity index (χ4n) is 1.38. The van der Waals surface area contributed by atoms with Crippen molar-refractivity contribution in [3.63, 3.8) is 0 Å². The third-order valence-electron chi connectivity index (χ3n) is 2.69. The molecule has 5 heteroatoms. The second-order valence-corrected chi connectivity index (χ2v) is 5.70. The lowest BCUT2D eigenvalue weighted by atomic mass is 10.1. The van der Waals surface area contributed by atoms with Crippen LogP contribution in [0.2, 0.25) is 0 Å². The zero-order chi connectivity index (χ0) is 13.9. The van der Waals surface area contributed by atoms with Crippen molar-refractivity contribution in [3.05, 3.63) is 34.9 Å². The van der Waals surface area contributed by atoms with E-state index in [1.165, 1.54) is 13.0 Å². The van der Waals surface area contributed by atoms with Gasteiger partial charge in [-0.3, -0.25) is 4.79 Å². The van der Waals surface area contributed by atoms with Gasteiger partial charge in [0.2, 0.25) is 0 Å². The number of hydrogen-bond donors (Lipinski definition) is 1. The van der Waals surface area contributed by atoms with Gasteiger partial charge in [-0.2, -0.15) is 0 Å². The van der Waals surface area contributed by atoms with Crippen molar-refractivity contribution in [1.82, 2.24) is 5.32 Å². The van der Waals surface area contributed by atoms with Crippen LogP contribution < -0.4 is 5.32 Å². The first-order valence-electron chi connectivity index (χ1n) is 5.71. The zero-order valence-electron chi connectivity index (χ0n) is 10.6. The molecule has 0 bridgehead atoms. The van der Waals surface area contributed by atoms with E-state index in [-0.39, 0.29) is 10.4 Å². The highest BCUT2D eigenvalue weighted by Gasteiger charge is 2.20. The SMILES string of the molecule is Cc1ccc(F)c(C(=O)NCC(Br)C(C)C)c1F. The molecule has 100 valence electrons. The number of benzene rings is 1. The Balaban J connectivity index is 2.82. The molecule has 0 aliphatic carbocycles. The van der Waals surface area contributed by atoms with Gasteiger partial charge in [0.25, 0.3) is 5.91 Å². The average Bonchev–Trinajstić information content (AvgIpc) is 2.31. The smallest absolute Gasteiger partial charge is 0.257 e. The molecule has 0 aliphatic heterocycles. The van der Waals surface area contributed by atoms with Gasteiger partial charge in [-0.05, 0) is 24.5 Å². The maximum absolute atomic E-state index is 13.7. The average molecular weight is 320 g/mol. The van der Waals surface area contributed by atoms with Gasteiger partial charge in [0.15, 0.2) is 0 Å². The molecule has 0 aromatic heterocycles. The molecule has 1 rings (SSSR count). The van der Waals surface area contributed by atoms with Crippen LogP contribution >= 0.6 is 15.9 Å². The molecule has 0 heterocycles. The topological polar surface area (TPSA) is 29.1 Å². The minimum absolute atomic E-state index is 0.0670. The van der Waals surface area contributed by atoms with Crippen LogP contribution in [0.25, 0.3) is 0 Å². The van der Waals surface area contributed by atoms with E-state index < -0.39 is 23.1 Å². The third-order valence-corrected chi connectivity index (χ3v) is 4.07. The predicted octanol–water partition coefficient (Wildman–Crippen LogP) is 3.42. The van der Waals surface area contributed by atoms with Crippen LogP contribution in [0.3, 0.4) is 0 Å². The summed E-state index contributed by atoms with van der Waals surface area (Å²) in [5.41, 5.74) is -0.265. The summed E-state index contributed by atoms with van der Waals surface area (Å²) in [5.74, 6) is -2.05. The van der Waals surface area contributed by atoms with Crippen LogP contribution in [0.1, 0.15) is 29.8 Å². The summed E-state index contributed by atoms with van der Waals surface area (Å²) >= 11 is 3.39. The van der Waals surface area contributed by atoms with Crippen molar-refractivity contribution in [2.24, 2.45) is 5.92 Å². The Hall–Kier alpha value is -0.970. The van der Waals surface area contributed by atoms with Gasteiger partial charge in [-0.15, -0.1) is 0 Å². The molecule has 1 unspecified atom stereocenters. The highest BCUT2D eigenvalue weighted by molar-refractivity contribution is 9.09. The molecule has 0 radical (unpaired) electrons. The summed E-state index contributed by atoms with van der Waals surface area (Å²) in [6, 6.07) is 2.41. The number of alkyl halides is 1. The van der Waals surface area contributed by atoms with Crippen molar-refractivity contribution in [3.8, 4) is 0 Å². The predicted molar refractivity (Wildman–Crippen MR) is 71.0 cm³/mol. The van der Waals surface area contributed by atoms with E-state index in [0.717, 1.165) is 6.07 Å². The maximum atomic E-state index is 13.7. The van der Waals surface area contributed by atoms with Crippen molar-refractivity contribution < 1.29 is 13.6 Å². The highest BCUT2D eigenvalue weighted by atomic mass is 79.9. The first kappa shape index (κ1) is 15.1. The van der Waals surface area contributed by atoms with Crippen LogP contribution in [0.5, 0.6) is 0 Å². The molecule has 2 nitrogen and oxygen atoms in total. The van der Waals surface area contributed by atoms with Gasteiger partial charge >= 0.3 is 0 Å². The molecular formula is C13H16BrF2NO. The van der Waals surface area contributed by atoms with Gasteiger partial charge in [-0.25, -0.2) is 8.78 Å². The van der Waals surface area contributed by atoms with Gasteiger partial charge in [0.1, 0.15) is 17.2 Å². The third kappa shape index (κ3) is 3.51. The first-order valence-corrected chi connectivity index (χ1v) is 6.63. The lowest BCUT2D eigenvalue weighted by Crippen LogP contribution is -2.33. The minimum Gasteiger partial charge on any atom is -0.351 e. The Morgan fingerprint density at radius 1 is 1.39 bits per heavy atom. The summed E-state index contributed by atoms with van der Waals surface area (Å²) in [6.45, 7) is 5.79. The number of carbonyl (C=O) groups is 1. The van der Waals surface area contributed by atoms with E-state index in [2.05, 4.69) is 21.2 Å². The van der Waals surface area contributed by atoms with Crippen LogP contribution in [-0.2, 0) is 0 Å². The van der Waals surface area contributed by atoms with Crippen molar-refractivity contribution in [1.29, 1.82) is 0 Å². The summed E-state index contributed by atoms with van der Waals surface area (Å²) in [5, 5.41) is 2.52. The molecule has 0 fully saturated rings. The summed E-state index contributed by atoms with van der Waals surface area (Å²) in [4.78, 5) is 11.8. The van der Waals surface area contributed by atoms with E-state index >= 15 is 0 Å². The van der Waals surface area contributed by atoms with E-state index in [1.807, 2.05) is 13.8 Å². The van der Waals surface area contributed by atoms with Gasteiger partial charge in [0.05, 0.1) is 0 Å². The molecule has 0 aliphatic rings. The quantitative estimate of drug-likeness (QED) is 0.846. The summed E-state index contributed by atoms with van der Waals surface area (Å²) in [7, 11) is 0. The molecular weight excluding hydrogens is 304 g/mol. The Kier molecular flexibility index (Phi) is 5.26. The molecule has 0 saturated heterocycles. The Morgan fingerprint density at radius 2 is 2.00 bits per heavy atom. The van der Waals surface area contributed by atoms with Crippen LogP contribution in [0, 0.1) is 24.5 Å². The molecule has 1 aromatic carbocycles. The van der Waals surface area contributed by atoms with E-state index in [0.29, 0.717) is 12.5 Å². The number of carbonyl (C=O) groups excluding carboxylic acids is 1. The number of aryl methyl sites for hydroxylation is 1. The fraction of sp³-hybridized carbons (Fsp3) is 0.462. The Bertz CT molecular complexity index is 449. The van der Waals surface area contributed by atoms with E-state index in [1.54, 1.807) is 0 Å². The van der Waals surface area contributed by atoms with E-state index in [4.69, 9.17) is 0 Å². The second-order valence-electron chi connectivity index (χ2n) is 4.52. The van der Waals surface area contributed by atoms with Gasteiger partial charge in [0, 0.05) is 11.4 Å². The number of hydrogen-bond acceptors (Lipinski definition) is 1. The highest BCUT2D eigenvalue weighted by Crippen LogP contribution is 2.17. The first-order chi connectivity index (χ1) is 8.34. The fourth-order valence-corrected chi connectivity index (χ4v) is 1.54. The molecule has 18 heavy (non-hydrogen) atoms. The second kappa shape index (κ2) is 6.27. The monoisotopic (exact) mass is 319 g/mol. The lowest BCUT2D eigenvalue weighted by molar-refractivity contribution is 0.0944. The largest absolute Gasteiger partial charge is 0.351 e. The Morgan fingerprint density at radius 3 is 2.56 bits per heavy atom. The number of rotatable bonds is 4. The van der Waals surface area contributed by atoms with Gasteiger partial charge in [-0.1, -0.05) is 35.8 Å². The zero-order valence-corrected chi connectivity index (χ0v) is 12.1. The van der Waals surface area contributed by atoms with Gasteiger partial charge < -0.3 is 5.32 Å². The standard InChI is InChI=1S/C13H16BrF2NO/c1-7(2)9(14)6-17-13(18)11-10(15)5-4-8(3)12(11)16/h4-5,7,9H,6H2,1-3H3,(H,17,18). The summed E-state index contributed by atoms with van der Waals surface area (Å²) in [6.07, 6.45) is 0. The van der Waals surface area contributed by atoms with E-state index in [9.17, 15) is 13.6 Å². The molecule has 1 amide bonds. The molecule has 0 spiro atoms. The van der Waals surface area contributed by atoms with Crippen LogP contribution in [-0.4, -0.2) is 17.3 Å². The lowest BCUT2D eigenvalue weighted by Gasteiger charge is -2.15. The minimum atomic E-state index is -0.841. The van der Waals surface area contributed by atoms with Crippen LogP contribution in [0.15, 0.2) is 12.1 Å². The number of halogens is 3. The summed E-state index contributed by atoms with van der Waals surface area (Å²) < 4.78 is 27.1. The molecule has 0 saturated carbocycles. The maximum Gasteiger partial charge on any atom is 0.257 e. The Labute approximate surface area is 114 Å². The van der Waals surface area contributed by atoms with Crippen molar-refractivity contribution >= 4 is 21.8 Å². The number of nitrogens with one attached hydrogen (secondary N) is 1. The normalized spacial score (nSPS) is 12.6. The molecule has 1 atom stereocenters. The molecule has 1 N–H and O–H groups in total. The number of amides is 1. The van der Waals surface area contributed by atoms with Crippen LogP contribution in [0.4, 0.5) is 8.78 Å². The van der Waals surface area contributed by atoms with Crippen molar-refractivity contribution in [2.45, 2.75) is 25.6 Å².